The van der Waals surface area contributed by atoms with Gasteiger partial charge >= 0.3 is 0 Å². The molecule has 1 saturated heterocycles. The van der Waals surface area contributed by atoms with Crippen molar-refractivity contribution in [2.24, 2.45) is 22.7 Å². The molecule has 0 radical (unpaired) electrons. The molecule has 3 N–H and O–H groups in total. The van der Waals surface area contributed by atoms with E-state index in [0.29, 0.717) is 16.5 Å². The first-order valence-corrected chi connectivity index (χ1v) is 6.93. The first-order valence-electron chi connectivity index (χ1n) is 6.55. The summed E-state index contributed by atoms with van der Waals surface area (Å²) in [6.07, 6.45) is 1.22. The SMILES string of the molecule is CC(C)C1CCN(c2ccc(/C(N)=N/O)c(Cl)c2)C1. The number of nitrogens with zero attached hydrogens (tertiary/aromatic N) is 2. The molecular formula is C14H20ClN3O. The van der Waals surface area contributed by atoms with Gasteiger partial charge in [-0.15, -0.1) is 0 Å². The zero-order chi connectivity index (χ0) is 14.0. The van der Waals surface area contributed by atoms with Crippen LogP contribution < -0.4 is 10.6 Å². The summed E-state index contributed by atoms with van der Waals surface area (Å²) in [5, 5.41) is 12.2. The first-order chi connectivity index (χ1) is 9.02. The Morgan fingerprint density at radius 1 is 1.53 bits per heavy atom. The van der Waals surface area contributed by atoms with E-state index in [0.717, 1.165) is 24.7 Å². The maximum Gasteiger partial charge on any atom is 0.171 e. The number of hydrogen-bond donors (Lipinski definition) is 2. The second-order valence-electron chi connectivity index (χ2n) is 5.39. The van der Waals surface area contributed by atoms with Crippen molar-refractivity contribution in [1.82, 2.24) is 0 Å². The molecule has 0 aliphatic carbocycles. The molecule has 0 spiro atoms. The Morgan fingerprint density at radius 3 is 2.79 bits per heavy atom. The lowest BCUT2D eigenvalue weighted by molar-refractivity contribution is 0.318. The number of nitrogens with two attached hydrogens (primary N) is 1. The number of rotatable bonds is 3. The highest BCUT2D eigenvalue weighted by Gasteiger charge is 2.25. The fraction of sp³-hybridized carbons (Fsp3) is 0.500. The van der Waals surface area contributed by atoms with Crippen molar-refractivity contribution in [3.8, 4) is 0 Å². The van der Waals surface area contributed by atoms with Crippen LogP contribution in [0.25, 0.3) is 0 Å². The second kappa shape index (κ2) is 5.70. The lowest BCUT2D eigenvalue weighted by Crippen LogP contribution is -2.21. The van der Waals surface area contributed by atoms with Crippen LogP contribution >= 0.6 is 11.6 Å². The van der Waals surface area contributed by atoms with Gasteiger partial charge in [0.25, 0.3) is 0 Å². The van der Waals surface area contributed by atoms with Crippen LogP contribution in [0, 0.1) is 11.8 Å². The third-order valence-corrected chi connectivity index (χ3v) is 4.18. The Kier molecular flexibility index (Phi) is 4.20. The summed E-state index contributed by atoms with van der Waals surface area (Å²) in [4.78, 5) is 2.34. The molecule has 19 heavy (non-hydrogen) atoms. The van der Waals surface area contributed by atoms with Crippen LogP contribution in [0.4, 0.5) is 5.69 Å². The second-order valence-corrected chi connectivity index (χ2v) is 5.80. The maximum atomic E-state index is 8.68. The minimum absolute atomic E-state index is 0.0398. The Labute approximate surface area is 118 Å². The van der Waals surface area contributed by atoms with Gasteiger partial charge in [-0.25, -0.2) is 0 Å². The summed E-state index contributed by atoms with van der Waals surface area (Å²) in [5.41, 5.74) is 7.22. The number of hydrogen-bond acceptors (Lipinski definition) is 3. The fourth-order valence-electron chi connectivity index (χ4n) is 2.53. The van der Waals surface area contributed by atoms with Crippen molar-refractivity contribution in [2.45, 2.75) is 20.3 Å². The maximum absolute atomic E-state index is 8.68. The molecule has 1 aliphatic rings. The summed E-state index contributed by atoms with van der Waals surface area (Å²) in [5.74, 6) is 1.48. The molecule has 104 valence electrons. The van der Waals surface area contributed by atoms with Gasteiger partial charge in [0.1, 0.15) is 0 Å². The van der Waals surface area contributed by atoms with Gasteiger partial charge in [0.05, 0.1) is 5.02 Å². The van der Waals surface area contributed by atoms with E-state index in [1.807, 2.05) is 12.1 Å². The Balaban J connectivity index is 2.17. The predicted octanol–water partition coefficient (Wildman–Crippen LogP) is 2.92. The van der Waals surface area contributed by atoms with Crippen LogP contribution in [0.3, 0.4) is 0 Å². The van der Waals surface area contributed by atoms with Crippen molar-refractivity contribution < 1.29 is 5.21 Å². The van der Waals surface area contributed by atoms with Gasteiger partial charge in [-0.1, -0.05) is 30.6 Å². The standard InChI is InChI=1S/C14H20ClN3O/c1-9(2)10-5-6-18(8-10)11-3-4-12(13(15)7-11)14(16)17-19/h3-4,7,9-10,19H,5-6,8H2,1-2H3,(H2,16,17). The normalized spacial score (nSPS) is 20.3. The topological polar surface area (TPSA) is 61.8 Å². The van der Waals surface area contributed by atoms with Crippen LogP contribution in [0.2, 0.25) is 5.02 Å². The molecule has 1 aliphatic heterocycles. The molecular weight excluding hydrogens is 262 g/mol. The average molecular weight is 282 g/mol. The monoisotopic (exact) mass is 281 g/mol. The van der Waals surface area contributed by atoms with E-state index in [2.05, 4.69) is 23.9 Å². The average Bonchev–Trinajstić information content (AvgIpc) is 2.87. The van der Waals surface area contributed by atoms with Crippen LogP contribution in [-0.4, -0.2) is 24.1 Å². The fourth-order valence-corrected chi connectivity index (χ4v) is 2.80. The van der Waals surface area contributed by atoms with Gasteiger partial charge in [0, 0.05) is 24.3 Å². The van der Waals surface area contributed by atoms with Crippen LogP contribution in [0.1, 0.15) is 25.8 Å². The van der Waals surface area contributed by atoms with E-state index < -0.39 is 0 Å². The number of benzene rings is 1. The lowest BCUT2D eigenvalue weighted by atomic mass is 9.95. The number of oxime groups is 1. The summed E-state index contributed by atoms with van der Waals surface area (Å²) in [6.45, 7) is 6.66. The van der Waals surface area contributed by atoms with Crippen LogP contribution in [0.5, 0.6) is 0 Å². The first kappa shape index (κ1) is 14.0. The highest BCUT2D eigenvalue weighted by Crippen LogP contribution is 2.30. The molecule has 5 heteroatoms. The highest BCUT2D eigenvalue weighted by atomic mass is 35.5. The molecule has 2 rings (SSSR count). The third kappa shape index (κ3) is 2.95. The molecule has 0 saturated carbocycles. The van der Waals surface area contributed by atoms with Gasteiger partial charge in [-0.2, -0.15) is 0 Å². The molecule has 4 nitrogen and oxygen atoms in total. The smallest absolute Gasteiger partial charge is 0.171 e. The minimum Gasteiger partial charge on any atom is -0.409 e. The van der Waals surface area contributed by atoms with Gasteiger partial charge < -0.3 is 15.8 Å². The molecule has 1 heterocycles. The zero-order valence-corrected chi connectivity index (χ0v) is 12.1. The van der Waals surface area contributed by atoms with Crippen LogP contribution in [0.15, 0.2) is 23.4 Å². The quantitative estimate of drug-likeness (QED) is 0.388. The molecule has 0 aromatic heterocycles. The van der Waals surface area contributed by atoms with Crippen molar-refractivity contribution in [2.75, 3.05) is 18.0 Å². The van der Waals surface area contributed by atoms with Gasteiger partial charge in [-0.3, -0.25) is 0 Å². The Hall–Kier alpha value is -1.42. The molecule has 0 amide bonds. The third-order valence-electron chi connectivity index (χ3n) is 3.87. The van der Waals surface area contributed by atoms with Crippen molar-refractivity contribution >= 4 is 23.1 Å². The summed E-state index contributed by atoms with van der Waals surface area (Å²) < 4.78 is 0. The minimum atomic E-state index is 0.0398. The summed E-state index contributed by atoms with van der Waals surface area (Å²) in [7, 11) is 0. The highest BCUT2D eigenvalue weighted by molar-refractivity contribution is 6.34. The Bertz CT molecular complexity index is 488. The molecule has 1 atom stereocenters. The van der Waals surface area contributed by atoms with Crippen molar-refractivity contribution in [3.05, 3.63) is 28.8 Å². The Morgan fingerprint density at radius 2 is 2.26 bits per heavy atom. The molecule has 1 aromatic rings. The van der Waals surface area contributed by atoms with E-state index in [-0.39, 0.29) is 5.84 Å². The summed E-state index contributed by atoms with van der Waals surface area (Å²) in [6, 6.07) is 5.66. The van der Waals surface area contributed by atoms with E-state index >= 15 is 0 Å². The lowest BCUT2D eigenvalue weighted by Gasteiger charge is -2.20. The molecule has 1 fully saturated rings. The molecule has 1 aromatic carbocycles. The van der Waals surface area contributed by atoms with Crippen molar-refractivity contribution in [3.63, 3.8) is 0 Å². The van der Waals surface area contributed by atoms with E-state index in [1.165, 1.54) is 6.42 Å². The van der Waals surface area contributed by atoms with E-state index in [1.54, 1.807) is 6.07 Å². The van der Waals surface area contributed by atoms with E-state index in [9.17, 15) is 0 Å². The van der Waals surface area contributed by atoms with Crippen LogP contribution in [-0.2, 0) is 0 Å². The summed E-state index contributed by atoms with van der Waals surface area (Å²) >= 11 is 6.18. The van der Waals surface area contributed by atoms with Gasteiger partial charge in [-0.05, 0) is 36.5 Å². The predicted molar refractivity (Wildman–Crippen MR) is 79.1 cm³/mol. The van der Waals surface area contributed by atoms with Gasteiger partial charge in [0.2, 0.25) is 0 Å². The van der Waals surface area contributed by atoms with Crippen molar-refractivity contribution in [1.29, 1.82) is 0 Å². The molecule has 1 unspecified atom stereocenters. The number of halogens is 1. The number of anilines is 1. The number of amidine groups is 1. The molecule has 0 bridgehead atoms. The van der Waals surface area contributed by atoms with E-state index in [4.69, 9.17) is 22.5 Å². The largest absolute Gasteiger partial charge is 0.409 e. The van der Waals surface area contributed by atoms with Gasteiger partial charge in [0.15, 0.2) is 5.84 Å². The zero-order valence-electron chi connectivity index (χ0n) is 11.3.